The second-order valence-electron chi connectivity index (χ2n) is 8.44. The van der Waals surface area contributed by atoms with Crippen molar-refractivity contribution < 1.29 is 19.1 Å². The number of methoxy groups -OCH3 is 2. The number of hydrogen-bond acceptors (Lipinski definition) is 4. The Kier molecular flexibility index (Phi) is 6.09. The number of hydrogen-bond donors (Lipinski definition) is 0. The predicted molar refractivity (Wildman–Crippen MR) is 100.0 cm³/mol. The van der Waals surface area contributed by atoms with Crippen molar-refractivity contribution in [3.05, 3.63) is 33.8 Å². The zero-order chi connectivity index (χ0) is 19.7. The SMILES string of the molecule is COC1=C(OC)C(=O)C(C(C)(C)C/C(C)=C(\C)C(C)(C)C)=C(C)C1=O. The Bertz CT molecular complexity index is 679. The van der Waals surface area contributed by atoms with Crippen LogP contribution in [0.3, 0.4) is 0 Å². The molecular weight excluding hydrogens is 316 g/mol. The molecule has 0 aromatic heterocycles. The smallest absolute Gasteiger partial charge is 0.228 e. The van der Waals surface area contributed by atoms with E-state index in [9.17, 15) is 9.59 Å². The summed E-state index contributed by atoms with van der Waals surface area (Å²) >= 11 is 0. The first-order valence-electron chi connectivity index (χ1n) is 8.59. The van der Waals surface area contributed by atoms with Gasteiger partial charge < -0.3 is 9.47 Å². The summed E-state index contributed by atoms with van der Waals surface area (Å²) in [4.78, 5) is 25.6. The van der Waals surface area contributed by atoms with E-state index >= 15 is 0 Å². The van der Waals surface area contributed by atoms with E-state index in [1.54, 1.807) is 6.92 Å². The second kappa shape index (κ2) is 7.19. The van der Waals surface area contributed by atoms with Crippen LogP contribution in [0.25, 0.3) is 0 Å². The molecule has 0 atom stereocenters. The number of ketones is 2. The molecule has 0 aliphatic heterocycles. The van der Waals surface area contributed by atoms with Crippen LogP contribution in [0.4, 0.5) is 0 Å². The lowest BCUT2D eigenvalue weighted by Gasteiger charge is -2.33. The summed E-state index contributed by atoms with van der Waals surface area (Å²) in [5.41, 5.74) is 3.06. The lowest BCUT2D eigenvalue weighted by Crippen LogP contribution is -2.32. The molecule has 0 fully saturated rings. The van der Waals surface area contributed by atoms with E-state index in [1.165, 1.54) is 25.4 Å². The summed E-state index contributed by atoms with van der Waals surface area (Å²) in [5.74, 6) is -0.558. The van der Waals surface area contributed by atoms with Crippen molar-refractivity contribution in [1.29, 1.82) is 0 Å². The molecule has 0 N–H and O–H groups in total. The Labute approximate surface area is 152 Å². The number of ether oxygens (including phenoxy) is 2. The first-order valence-corrected chi connectivity index (χ1v) is 8.59. The minimum atomic E-state index is -0.490. The molecule has 25 heavy (non-hydrogen) atoms. The molecule has 140 valence electrons. The van der Waals surface area contributed by atoms with Crippen molar-refractivity contribution >= 4 is 11.6 Å². The number of rotatable bonds is 5. The van der Waals surface area contributed by atoms with Crippen LogP contribution in [0.5, 0.6) is 0 Å². The highest BCUT2D eigenvalue weighted by molar-refractivity contribution is 6.23. The van der Waals surface area contributed by atoms with Crippen LogP contribution in [0.1, 0.15) is 61.8 Å². The predicted octanol–water partition coefficient (Wildman–Crippen LogP) is 4.76. The van der Waals surface area contributed by atoms with Gasteiger partial charge in [0.1, 0.15) is 0 Å². The molecule has 4 heteroatoms. The Morgan fingerprint density at radius 2 is 1.32 bits per heavy atom. The molecule has 1 aliphatic rings. The van der Waals surface area contributed by atoms with Crippen LogP contribution >= 0.6 is 0 Å². The monoisotopic (exact) mass is 348 g/mol. The average molecular weight is 348 g/mol. The lowest BCUT2D eigenvalue weighted by atomic mass is 9.70. The summed E-state index contributed by atoms with van der Waals surface area (Å²) in [6.45, 7) is 16.5. The summed E-state index contributed by atoms with van der Waals surface area (Å²) in [6, 6.07) is 0. The van der Waals surface area contributed by atoms with Crippen LogP contribution in [0, 0.1) is 10.8 Å². The zero-order valence-electron chi connectivity index (χ0n) is 17.3. The molecule has 0 aromatic rings. The lowest BCUT2D eigenvalue weighted by molar-refractivity contribution is -0.121. The van der Waals surface area contributed by atoms with Gasteiger partial charge >= 0.3 is 0 Å². The van der Waals surface area contributed by atoms with Crippen molar-refractivity contribution in [2.24, 2.45) is 10.8 Å². The average Bonchev–Trinajstić information content (AvgIpc) is 2.48. The Morgan fingerprint density at radius 1 is 0.880 bits per heavy atom. The summed E-state index contributed by atoms with van der Waals surface area (Å²) in [5, 5.41) is 0. The van der Waals surface area contributed by atoms with Crippen molar-refractivity contribution in [2.75, 3.05) is 14.2 Å². The normalized spacial score (nSPS) is 17.8. The minimum absolute atomic E-state index is 0.00430. The molecule has 0 amide bonds. The van der Waals surface area contributed by atoms with Crippen molar-refractivity contribution in [2.45, 2.75) is 61.8 Å². The van der Waals surface area contributed by atoms with Crippen LogP contribution in [-0.4, -0.2) is 25.8 Å². The Morgan fingerprint density at radius 3 is 1.72 bits per heavy atom. The van der Waals surface area contributed by atoms with Crippen LogP contribution in [-0.2, 0) is 19.1 Å². The Hall–Kier alpha value is -1.84. The van der Waals surface area contributed by atoms with E-state index in [2.05, 4.69) is 34.6 Å². The first kappa shape index (κ1) is 21.2. The summed E-state index contributed by atoms with van der Waals surface area (Å²) in [6.07, 6.45) is 0.696. The van der Waals surface area contributed by atoms with Gasteiger partial charge in [-0.2, -0.15) is 0 Å². The maximum absolute atomic E-state index is 13.0. The van der Waals surface area contributed by atoms with Gasteiger partial charge in [0.2, 0.25) is 23.1 Å². The fraction of sp³-hybridized carbons (Fsp3) is 0.619. The molecule has 0 radical (unpaired) electrons. The highest BCUT2D eigenvalue weighted by Crippen LogP contribution is 2.42. The van der Waals surface area contributed by atoms with Gasteiger partial charge in [0.15, 0.2) is 0 Å². The van der Waals surface area contributed by atoms with Gasteiger partial charge in [-0.15, -0.1) is 0 Å². The van der Waals surface area contributed by atoms with Crippen molar-refractivity contribution in [3.8, 4) is 0 Å². The van der Waals surface area contributed by atoms with Crippen LogP contribution in [0.15, 0.2) is 33.8 Å². The topological polar surface area (TPSA) is 52.6 Å². The molecule has 0 saturated heterocycles. The molecule has 0 saturated carbocycles. The molecule has 0 unspecified atom stereocenters. The van der Waals surface area contributed by atoms with E-state index in [0.29, 0.717) is 17.6 Å². The zero-order valence-corrected chi connectivity index (χ0v) is 17.3. The van der Waals surface area contributed by atoms with Gasteiger partial charge in [-0.3, -0.25) is 9.59 Å². The number of carbonyl (C=O) groups excluding carboxylic acids is 2. The molecular formula is C21H32O4. The third-order valence-corrected chi connectivity index (χ3v) is 5.12. The summed E-state index contributed by atoms with van der Waals surface area (Å²) < 4.78 is 10.3. The largest absolute Gasteiger partial charge is 0.489 e. The molecule has 1 aliphatic carbocycles. The molecule has 0 spiro atoms. The fourth-order valence-electron chi connectivity index (χ4n) is 3.48. The molecule has 0 aromatic carbocycles. The van der Waals surface area contributed by atoms with Gasteiger partial charge in [-0.1, -0.05) is 45.8 Å². The van der Waals surface area contributed by atoms with E-state index in [-0.39, 0.29) is 28.5 Å². The van der Waals surface area contributed by atoms with Gasteiger partial charge in [0.05, 0.1) is 14.2 Å². The minimum Gasteiger partial charge on any atom is -0.489 e. The molecule has 0 bridgehead atoms. The number of carbonyl (C=O) groups is 2. The molecule has 4 nitrogen and oxygen atoms in total. The Balaban J connectivity index is 3.41. The van der Waals surface area contributed by atoms with Crippen LogP contribution < -0.4 is 0 Å². The van der Waals surface area contributed by atoms with Crippen molar-refractivity contribution in [1.82, 2.24) is 0 Å². The highest BCUT2D eigenvalue weighted by Gasteiger charge is 2.41. The van der Waals surface area contributed by atoms with Gasteiger partial charge in [-0.25, -0.2) is 0 Å². The van der Waals surface area contributed by atoms with E-state index < -0.39 is 5.41 Å². The molecule has 1 rings (SSSR count). The second-order valence-corrected chi connectivity index (χ2v) is 8.44. The summed E-state index contributed by atoms with van der Waals surface area (Å²) in [7, 11) is 2.77. The van der Waals surface area contributed by atoms with E-state index in [4.69, 9.17) is 9.47 Å². The van der Waals surface area contributed by atoms with Crippen molar-refractivity contribution in [3.63, 3.8) is 0 Å². The first-order chi connectivity index (χ1) is 11.3. The maximum Gasteiger partial charge on any atom is 0.228 e. The van der Waals surface area contributed by atoms with Crippen LogP contribution in [0.2, 0.25) is 0 Å². The van der Waals surface area contributed by atoms with Gasteiger partial charge in [0.25, 0.3) is 0 Å². The molecule has 0 heterocycles. The fourth-order valence-corrected chi connectivity index (χ4v) is 3.48. The highest BCUT2D eigenvalue weighted by atomic mass is 16.5. The third-order valence-electron chi connectivity index (χ3n) is 5.12. The number of Topliss-reactive ketones (excluding diaryl/α,β-unsaturated/α-hetero) is 2. The number of allylic oxidation sites excluding steroid dienone is 4. The standard InChI is InChI=1S/C21H32O4/c1-12(14(3)20(4,5)6)11-21(7,8)15-13(2)16(22)18(24-9)19(25-10)17(15)23/h11H2,1-10H3/b14-12+. The quantitative estimate of drug-likeness (QED) is 0.531. The van der Waals surface area contributed by atoms with E-state index in [0.717, 1.165) is 0 Å². The van der Waals surface area contributed by atoms with Gasteiger partial charge in [-0.05, 0) is 38.0 Å². The van der Waals surface area contributed by atoms with Gasteiger partial charge in [0, 0.05) is 11.1 Å². The van der Waals surface area contributed by atoms with E-state index in [1.807, 2.05) is 13.8 Å². The third kappa shape index (κ3) is 4.05. The maximum atomic E-state index is 13.0.